The van der Waals surface area contributed by atoms with Crippen molar-refractivity contribution in [3.63, 3.8) is 0 Å². The van der Waals surface area contributed by atoms with E-state index in [4.69, 9.17) is 0 Å². The quantitative estimate of drug-likeness (QED) is 0.561. The first-order chi connectivity index (χ1) is 8.97. The number of benzene rings is 1. The molecule has 0 radical (unpaired) electrons. The number of hydrogen-bond acceptors (Lipinski definition) is 5. The van der Waals surface area contributed by atoms with Gasteiger partial charge >= 0.3 is 0 Å². The van der Waals surface area contributed by atoms with E-state index >= 15 is 0 Å². The third kappa shape index (κ3) is 3.24. The standard InChI is InChI=1S/C14H19NO4/c1-9-7-15(5-4-11(9)16)8-14(19)10-2-3-12(17)13(18)6-10/h2-3,6,9,11,16-18H,4-5,7-8H2,1H3. The van der Waals surface area contributed by atoms with Crippen molar-refractivity contribution >= 4 is 5.78 Å². The van der Waals surface area contributed by atoms with E-state index in [0.717, 1.165) is 0 Å². The molecule has 104 valence electrons. The Labute approximate surface area is 112 Å². The van der Waals surface area contributed by atoms with Crippen LogP contribution in [0, 0.1) is 5.92 Å². The Bertz CT molecular complexity index is 475. The van der Waals surface area contributed by atoms with Crippen LogP contribution in [0.25, 0.3) is 0 Å². The van der Waals surface area contributed by atoms with Crippen molar-refractivity contribution < 1.29 is 20.1 Å². The number of hydrogen-bond donors (Lipinski definition) is 3. The third-order valence-electron chi connectivity index (χ3n) is 3.61. The Hall–Kier alpha value is -1.59. The highest BCUT2D eigenvalue weighted by Gasteiger charge is 2.25. The van der Waals surface area contributed by atoms with Gasteiger partial charge in [0.25, 0.3) is 0 Å². The molecule has 0 saturated carbocycles. The zero-order chi connectivity index (χ0) is 14.0. The van der Waals surface area contributed by atoms with E-state index < -0.39 is 0 Å². The van der Waals surface area contributed by atoms with E-state index in [9.17, 15) is 20.1 Å². The summed E-state index contributed by atoms with van der Waals surface area (Å²) in [6, 6.07) is 4.09. The van der Waals surface area contributed by atoms with Crippen LogP contribution >= 0.6 is 0 Å². The lowest BCUT2D eigenvalue weighted by Gasteiger charge is -2.33. The van der Waals surface area contributed by atoms with E-state index in [-0.39, 0.29) is 35.8 Å². The number of phenolic OH excluding ortho intramolecular Hbond substituents is 2. The van der Waals surface area contributed by atoms with Gasteiger partial charge in [0.15, 0.2) is 17.3 Å². The largest absolute Gasteiger partial charge is 0.504 e. The summed E-state index contributed by atoms with van der Waals surface area (Å²) in [6.45, 7) is 3.62. The number of aromatic hydroxyl groups is 2. The highest BCUT2D eigenvalue weighted by Crippen LogP contribution is 2.25. The van der Waals surface area contributed by atoms with Crippen LogP contribution in [0.5, 0.6) is 11.5 Å². The maximum absolute atomic E-state index is 12.1. The summed E-state index contributed by atoms with van der Waals surface area (Å²) >= 11 is 0. The first-order valence-electron chi connectivity index (χ1n) is 6.43. The van der Waals surface area contributed by atoms with Gasteiger partial charge in [-0.1, -0.05) is 6.92 Å². The molecule has 0 bridgehead atoms. The monoisotopic (exact) mass is 265 g/mol. The summed E-state index contributed by atoms with van der Waals surface area (Å²) in [5.41, 5.74) is 0.383. The molecule has 1 heterocycles. The number of phenols is 2. The molecule has 1 aromatic carbocycles. The summed E-state index contributed by atoms with van der Waals surface area (Å²) in [7, 11) is 0. The molecule has 0 amide bonds. The zero-order valence-electron chi connectivity index (χ0n) is 10.9. The first kappa shape index (κ1) is 13.8. The molecule has 0 aliphatic carbocycles. The minimum Gasteiger partial charge on any atom is -0.504 e. The predicted molar refractivity (Wildman–Crippen MR) is 70.3 cm³/mol. The second kappa shape index (κ2) is 5.59. The van der Waals surface area contributed by atoms with Crippen molar-refractivity contribution in [1.29, 1.82) is 0 Å². The van der Waals surface area contributed by atoms with Crippen LogP contribution < -0.4 is 0 Å². The van der Waals surface area contributed by atoms with Crippen LogP contribution in [0.2, 0.25) is 0 Å². The predicted octanol–water partition coefficient (Wildman–Crippen LogP) is 0.983. The normalized spacial score (nSPS) is 24.3. The van der Waals surface area contributed by atoms with Gasteiger partial charge in [-0.3, -0.25) is 9.69 Å². The summed E-state index contributed by atoms with van der Waals surface area (Å²) < 4.78 is 0. The van der Waals surface area contributed by atoms with Crippen molar-refractivity contribution in [2.24, 2.45) is 5.92 Å². The molecule has 5 heteroatoms. The summed E-state index contributed by atoms with van der Waals surface area (Å²) in [5.74, 6) is -0.451. The highest BCUT2D eigenvalue weighted by atomic mass is 16.3. The Morgan fingerprint density at radius 2 is 2.11 bits per heavy atom. The molecule has 0 aromatic heterocycles. The lowest BCUT2D eigenvalue weighted by molar-refractivity contribution is 0.0344. The number of nitrogens with zero attached hydrogens (tertiary/aromatic N) is 1. The fourth-order valence-electron chi connectivity index (χ4n) is 2.35. The Morgan fingerprint density at radius 1 is 1.37 bits per heavy atom. The summed E-state index contributed by atoms with van der Waals surface area (Å²) in [4.78, 5) is 14.1. The first-order valence-corrected chi connectivity index (χ1v) is 6.43. The van der Waals surface area contributed by atoms with Crippen molar-refractivity contribution in [3.8, 4) is 11.5 Å². The molecule has 3 N–H and O–H groups in total. The fourth-order valence-corrected chi connectivity index (χ4v) is 2.35. The summed E-state index contributed by atoms with van der Waals surface area (Å²) in [6.07, 6.45) is 0.388. The third-order valence-corrected chi connectivity index (χ3v) is 3.61. The van der Waals surface area contributed by atoms with Crippen LogP contribution in [0.3, 0.4) is 0 Å². The van der Waals surface area contributed by atoms with Gasteiger partial charge in [0.05, 0.1) is 12.6 Å². The van der Waals surface area contributed by atoms with Gasteiger partial charge in [0.1, 0.15) is 0 Å². The molecule has 2 rings (SSSR count). The number of rotatable bonds is 3. The number of carbonyl (C=O) groups is 1. The van der Waals surface area contributed by atoms with Gasteiger partial charge in [-0.25, -0.2) is 0 Å². The number of Topliss-reactive ketones (excluding diaryl/α,β-unsaturated/α-hetero) is 1. The average molecular weight is 265 g/mol. The highest BCUT2D eigenvalue weighted by molar-refractivity contribution is 5.98. The van der Waals surface area contributed by atoms with Crippen LogP contribution in [-0.2, 0) is 0 Å². The molecule has 0 spiro atoms. The second-order valence-corrected chi connectivity index (χ2v) is 5.20. The molecule has 2 atom stereocenters. The number of piperidine rings is 1. The lowest BCUT2D eigenvalue weighted by atomic mass is 9.96. The van der Waals surface area contributed by atoms with E-state index in [0.29, 0.717) is 25.1 Å². The van der Waals surface area contributed by atoms with Crippen molar-refractivity contribution in [1.82, 2.24) is 4.90 Å². The molecule has 1 saturated heterocycles. The Kier molecular flexibility index (Phi) is 4.07. The van der Waals surface area contributed by atoms with Gasteiger partial charge in [-0.15, -0.1) is 0 Å². The summed E-state index contributed by atoms with van der Waals surface area (Å²) in [5, 5.41) is 28.2. The van der Waals surface area contributed by atoms with Crippen molar-refractivity contribution in [2.75, 3.05) is 19.6 Å². The van der Waals surface area contributed by atoms with Gasteiger partial charge < -0.3 is 15.3 Å². The van der Waals surface area contributed by atoms with E-state index in [1.807, 2.05) is 11.8 Å². The number of ketones is 1. The smallest absolute Gasteiger partial charge is 0.176 e. The molecule has 2 unspecified atom stereocenters. The Morgan fingerprint density at radius 3 is 2.74 bits per heavy atom. The van der Waals surface area contributed by atoms with Crippen LogP contribution in [-0.4, -0.2) is 51.7 Å². The lowest BCUT2D eigenvalue weighted by Crippen LogP contribution is -2.44. The van der Waals surface area contributed by atoms with Gasteiger partial charge in [-0.05, 0) is 30.5 Å². The number of aliphatic hydroxyl groups is 1. The average Bonchev–Trinajstić information content (AvgIpc) is 2.37. The Balaban J connectivity index is 1.99. The van der Waals surface area contributed by atoms with Gasteiger partial charge in [-0.2, -0.15) is 0 Å². The van der Waals surface area contributed by atoms with Crippen LogP contribution in [0.1, 0.15) is 23.7 Å². The molecule has 1 fully saturated rings. The fraction of sp³-hybridized carbons (Fsp3) is 0.500. The molecular weight excluding hydrogens is 246 g/mol. The number of likely N-dealkylation sites (tertiary alicyclic amines) is 1. The van der Waals surface area contributed by atoms with Gasteiger partial charge in [0, 0.05) is 18.7 Å². The molecule has 1 aromatic rings. The van der Waals surface area contributed by atoms with E-state index in [1.54, 1.807) is 0 Å². The van der Waals surface area contributed by atoms with Crippen LogP contribution in [0.15, 0.2) is 18.2 Å². The maximum atomic E-state index is 12.1. The second-order valence-electron chi connectivity index (χ2n) is 5.20. The van der Waals surface area contributed by atoms with Crippen LogP contribution in [0.4, 0.5) is 0 Å². The number of aliphatic hydroxyl groups excluding tert-OH is 1. The molecule has 5 nitrogen and oxygen atoms in total. The zero-order valence-corrected chi connectivity index (χ0v) is 10.9. The molecule has 1 aliphatic heterocycles. The molecule has 1 aliphatic rings. The minimum atomic E-state index is -0.288. The molecule has 19 heavy (non-hydrogen) atoms. The van der Waals surface area contributed by atoms with Gasteiger partial charge in [0.2, 0.25) is 0 Å². The SMILES string of the molecule is CC1CN(CC(=O)c2ccc(O)c(O)c2)CCC1O. The van der Waals surface area contributed by atoms with E-state index in [2.05, 4.69) is 0 Å². The maximum Gasteiger partial charge on any atom is 0.176 e. The topological polar surface area (TPSA) is 81.0 Å². The van der Waals surface area contributed by atoms with Crippen molar-refractivity contribution in [2.45, 2.75) is 19.4 Å². The minimum absolute atomic E-state index is 0.0983. The van der Waals surface area contributed by atoms with Crippen molar-refractivity contribution in [3.05, 3.63) is 23.8 Å². The van der Waals surface area contributed by atoms with E-state index in [1.165, 1.54) is 18.2 Å². The molecular formula is C14H19NO4. The number of carbonyl (C=O) groups excluding carboxylic acids is 1.